The van der Waals surface area contributed by atoms with Crippen LogP contribution in [0.1, 0.15) is 53.0 Å². The van der Waals surface area contributed by atoms with Crippen molar-refractivity contribution < 1.29 is 9.15 Å². The van der Waals surface area contributed by atoms with Crippen molar-refractivity contribution in [1.29, 1.82) is 0 Å². The van der Waals surface area contributed by atoms with E-state index in [2.05, 4.69) is 82.5 Å². The van der Waals surface area contributed by atoms with Crippen molar-refractivity contribution in [3.05, 3.63) is 60.1 Å². The fourth-order valence-electron chi connectivity index (χ4n) is 4.22. The van der Waals surface area contributed by atoms with E-state index in [0.29, 0.717) is 17.2 Å². The van der Waals surface area contributed by atoms with Crippen molar-refractivity contribution in [2.75, 3.05) is 7.11 Å². The van der Waals surface area contributed by atoms with Crippen molar-refractivity contribution in [1.82, 2.24) is 14.5 Å². The maximum Gasteiger partial charge on any atom is 0.201 e. The highest BCUT2D eigenvalue weighted by molar-refractivity contribution is 6.20. The lowest BCUT2D eigenvalue weighted by Gasteiger charge is -2.20. The largest absolute Gasteiger partial charge is 0.493 e. The van der Waals surface area contributed by atoms with Crippen LogP contribution in [0, 0.1) is 0 Å². The molecule has 0 unspecified atom stereocenters. The zero-order valence-electron chi connectivity index (χ0n) is 19.8. The Hall–Kier alpha value is -3.34. The first-order valence-electron chi connectivity index (χ1n) is 11.0. The average Bonchev–Trinajstić information content (AvgIpc) is 3.32. The van der Waals surface area contributed by atoms with Crippen LogP contribution < -0.4 is 4.74 Å². The first kappa shape index (κ1) is 20.6. The van der Waals surface area contributed by atoms with Crippen molar-refractivity contribution in [3.8, 4) is 11.6 Å². The normalized spacial score (nSPS) is 12.8. The van der Waals surface area contributed by atoms with Gasteiger partial charge >= 0.3 is 0 Å². The smallest absolute Gasteiger partial charge is 0.201 e. The van der Waals surface area contributed by atoms with E-state index in [1.807, 2.05) is 12.3 Å². The van der Waals surface area contributed by atoms with Crippen molar-refractivity contribution in [2.24, 2.45) is 0 Å². The van der Waals surface area contributed by atoms with Gasteiger partial charge in [0.1, 0.15) is 11.3 Å². The Morgan fingerprint density at radius 1 is 0.906 bits per heavy atom. The molecule has 0 aliphatic heterocycles. The summed E-state index contributed by atoms with van der Waals surface area (Å²) in [6, 6.07) is 14.7. The Morgan fingerprint density at radius 2 is 1.66 bits per heavy atom. The lowest BCUT2D eigenvalue weighted by molar-refractivity contribution is 0.385. The van der Waals surface area contributed by atoms with E-state index < -0.39 is 0 Å². The molecule has 2 aromatic carbocycles. The van der Waals surface area contributed by atoms with Gasteiger partial charge < -0.3 is 9.15 Å². The van der Waals surface area contributed by atoms with E-state index in [-0.39, 0.29) is 10.8 Å². The van der Waals surface area contributed by atoms with Crippen LogP contribution in [0.5, 0.6) is 5.75 Å². The Balaban J connectivity index is 1.95. The summed E-state index contributed by atoms with van der Waals surface area (Å²) in [7, 11) is 1.67. The molecule has 3 aromatic heterocycles. The average molecular weight is 428 g/mol. The fourth-order valence-corrected chi connectivity index (χ4v) is 4.22. The molecule has 0 atom stereocenters. The van der Waals surface area contributed by atoms with Gasteiger partial charge in [-0.1, -0.05) is 59.7 Å². The number of rotatable bonds is 2. The lowest BCUT2D eigenvalue weighted by atomic mass is 9.88. The number of ether oxygens (including phenoxy) is 1. The third kappa shape index (κ3) is 3.07. The van der Waals surface area contributed by atoms with Crippen molar-refractivity contribution in [2.45, 2.75) is 52.4 Å². The monoisotopic (exact) mass is 427 g/mol. The van der Waals surface area contributed by atoms with Crippen LogP contribution in [0.2, 0.25) is 0 Å². The van der Waals surface area contributed by atoms with Gasteiger partial charge in [-0.05, 0) is 29.2 Å². The zero-order chi connectivity index (χ0) is 22.8. The van der Waals surface area contributed by atoms with Gasteiger partial charge in [0.05, 0.1) is 18.1 Å². The molecule has 0 N–H and O–H groups in total. The van der Waals surface area contributed by atoms with Crippen LogP contribution in [0.25, 0.3) is 38.7 Å². The van der Waals surface area contributed by atoms with Gasteiger partial charge in [0.2, 0.25) is 5.89 Å². The van der Waals surface area contributed by atoms with Gasteiger partial charge in [-0.2, -0.15) is 0 Å². The summed E-state index contributed by atoms with van der Waals surface area (Å²) in [5.41, 5.74) is 4.64. The van der Waals surface area contributed by atoms with Crippen molar-refractivity contribution >= 4 is 32.9 Å². The molecular formula is C27H29N3O2. The maximum atomic E-state index is 6.23. The van der Waals surface area contributed by atoms with Crippen LogP contribution in [0.4, 0.5) is 0 Å². The molecule has 5 nitrogen and oxygen atoms in total. The van der Waals surface area contributed by atoms with E-state index >= 15 is 0 Å². The highest BCUT2D eigenvalue weighted by Gasteiger charge is 2.26. The SMILES string of the molecule is COc1cc2c(c3ccccc3n2-c2cc(C(C)(C)C)ccn2)c2nc(C(C)(C)C)oc12. The number of nitrogens with zero attached hydrogens (tertiary/aromatic N) is 3. The summed E-state index contributed by atoms with van der Waals surface area (Å²) in [4.78, 5) is 9.71. The molecule has 164 valence electrons. The second-order valence-electron chi connectivity index (χ2n) is 10.4. The molecule has 5 rings (SSSR count). The van der Waals surface area contributed by atoms with E-state index in [0.717, 1.165) is 33.1 Å². The second-order valence-corrected chi connectivity index (χ2v) is 10.4. The van der Waals surface area contributed by atoms with Crippen molar-refractivity contribution in [3.63, 3.8) is 0 Å². The number of pyridine rings is 1. The van der Waals surface area contributed by atoms with Gasteiger partial charge in [0, 0.05) is 28.5 Å². The maximum absolute atomic E-state index is 6.23. The number of methoxy groups -OCH3 is 1. The van der Waals surface area contributed by atoms with E-state index in [1.165, 1.54) is 5.56 Å². The predicted molar refractivity (Wildman–Crippen MR) is 130 cm³/mol. The van der Waals surface area contributed by atoms with E-state index in [1.54, 1.807) is 7.11 Å². The number of benzene rings is 2. The minimum Gasteiger partial charge on any atom is -0.493 e. The standard InChI is InChI=1S/C27H29N3O2/c1-26(2,3)16-12-13-28-21(14-16)30-18-11-9-8-10-17(18)22-19(30)15-20(31-7)24-23(22)29-25(32-24)27(4,5)6/h8-15H,1-7H3. The van der Waals surface area contributed by atoms with Gasteiger partial charge in [-0.15, -0.1) is 0 Å². The van der Waals surface area contributed by atoms with Crippen LogP contribution >= 0.6 is 0 Å². The molecule has 5 aromatic rings. The number of oxazole rings is 1. The summed E-state index contributed by atoms with van der Waals surface area (Å²) in [5.74, 6) is 2.25. The fraction of sp³-hybridized carbons (Fsp3) is 0.333. The molecular weight excluding hydrogens is 398 g/mol. The van der Waals surface area contributed by atoms with E-state index in [9.17, 15) is 0 Å². The van der Waals surface area contributed by atoms with E-state index in [4.69, 9.17) is 19.1 Å². The van der Waals surface area contributed by atoms with Crippen LogP contribution in [-0.2, 0) is 10.8 Å². The molecule has 5 heteroatoms. The molecule has 0 aliphatic rings. The molecule has 0 spiro atoms. The molecule has 0 fully saturated rings. The van der Waals surface area contributed by atoms with Gasteiger partial charge in [-0.25, -0.2) is 9.97 Å². The Bertz CT molecular complexity index is 1480. The highest BCUT2D eigenvalue weighted by atomic mass is 16.5. The number of aromatic nitrogens is 3. The molecule has 0 radical (unpaired) electrons. The Kier molecular flexibility index (Phi) is 4.39. The molecule has 0 amide bonds. The third-order valence-corrected chi connectivity index (χ3v) is 5.97. The second kappa shape index (κ2) is 6.83. The summed E-state index contributed by atoms with van der Waals surface area (Å²) < 4.78 is 14.2. The molecule has 0 aliphatic carbocycles. The Labute approximate surface area is 188 Å². The number of hydrogen-bond acceptors (Lipinski definition) is 4. The molecule has 0 saturated heterocycles. The lowest BCUT2D eigenvalue weighted by Crippen LogP contribution is -2.12. The van der Waals surface area contributed by atoms with Crippen LogP contribution in [0.15, 0.2) is 53.1 Å². The highest BCUT2D eigenvalue weighted by Crippen LogP contribution is 2.42. The first-order valence-corrected chi connectivity index (χ1v) is 11.0. The zero-order valence-corrected chi connectivity index (χ0v) is 19.8. The van der Waals surface area contributed by atoms with Gasteiger partial charge in [0.15, 0.2) is 11.3 Å². The minimum absolute atomic E-state index is 0.0229. The first-order chi connectivity index (χ1) is 15.1. The predicted octanol–water partition coefficient (Wildman–Crippen LogP) is 6.92. The number of para-hydroxylation sites is 1. The molecule has 3 heterocycles. The minimum atomic E-state index is -0.211. The van der Waals surface area contributed by atoms with Crippen LogP contribution in [-0.4, -0.2) is 21.6 Å². The number of fused-ring (bicyclic) bond motifs is 5. The third-order valence-electron chi connectivity index (χ3n) is 5.97. The Morgan fingerprint density at radius 3 is 2.34 bits per heavy atom. The summed E-state index contributed by atoms with van der Waals surface area (Å²) in [5, 5.41) is 2.17. The molecule has 0 bridgehead atoms. The summed E-state index contributed by atoms with van der Waals surface area (Å²) >= 11 is 0. The summed E-state index contributed by atoms with van der Waals surface area (Å²) in [6.07, 6.45) is 1.89. The topological polar surface area (TPSA) is 53.1 Å². The molecule has 32 heavy (non-hydrogen) atoms. The molecule has 0 saturated carbocycles. The van der Waals surface area contributed by atoms with Gasteiger partial charge in [-0.3, -0.25) is 4.57 Å². The van der Waals surface area contributed by atoms with Crippen LogP contribution in [0.3, 0.4) is 0 Å². The number of hydrogen-bond donors (Lipinski definition) is 0. The van der Waals surface area contributed by atoms with Gasteiger partial charge in [0.25, 0.3) is 0 Å². The quantitative estimate of drug-likeness (QED) is 0.307. The summed E-state index contributed by atoms with van der Waals surface area (Å²) in [6.45, 7) is 13.0.